The van der Waals surface area contributed by atoms with Crippen LogP contribution in [0, 0.1) is 20.8 Å². The average Bonchev–Trinajstić information content (AvgIpc) is 3.02. The van der Waals surface area contributed by atoms with E-state index in [-0.39, 0.29) is 29.1 Å². The van der Waals surface area contributed by atoms with Crippen molar-refractivity contribution in [3.63, 3.8) is 0 Å². The van der Waals surface area contributed by atoms with E-state index in [1.807, 2.05) is 51.1 Å². The summed E-state index contributed by atoms with van der Waals surface area (Å²) < 4.78 is 40.5. The summed E-state index contributed by atoms with van der Waals surface area (Å²) in [6, 6.07) is 16.7. The number of ether oxygens (including phenoxy) is 2. The quantitative estimate of drug-likeness (QED) is 0.274. The molecule has 0 aromatic heterocycles. The van der Waals surface area contributed by atoms with Gasteiger partial charge in [0, 0.05) is 18.7 Å². The summed E-state index contributed by atoms with van der Waals surface area (Å²) in [6.45, 7) is 7.06. The summed E-state index contributed by atoms with van der Waals surface area (Å²) in [4.78, 5) is 29.3. The van der Waals surface area contributed by atoms with Crippen LogP contribution in [0.3, 0.4) is 0 Å². The lowest BCUT2D eigenvalue weighted by atomic mass is 9.95. The Morgan fingerprint density at radius 2 is 1.53 bits per heavy atom. The zero-order valence-electron chi connectivity index (χ0n) is 27.1. The molecule has 0 radical (unpaired) electrons. The Morgan fingerprint density at radius 3 is 2.16 bits per heavy atom. The van der Waals surface area contributed by atoms with Crippen molar-refractivity contribution in [2.45, 2.75) is 83.3 Å². The van der Waals surface area contributed by atoms with Crippen molar-refractivity contribution in [3.05, 3.63) is 82.9 Å². The van der Waals surface area contributed by atoms with Gasteiger partial charge >= 0.3 is 0 Å². The zero-order chi connectivity index (χ0) is 32.7. The molecular weight excluding hydrogens is 590 g/mol. The van der Waals surface area contributed by atoms with Gasteiger partial charge < -0.3 is 19.7 Å². The molecule has 1 N–H and O–H groups in total. The molecule has 0 unspecified atom stereocenters. The fourth-order valence-electron chi connectivity index (χ4n) is 5.85. The minimum absolute atomic E-state index is 0.0550. The van der Waals surface area contributed by atoms with Crippen molar-refractivity contribution < 1.29 is 27.5 Å². The van der Waals surface area contributed by atoms with Gasteiger partial charge in [-0.05, 0) is 87.1 Å². The van der Waals surface area contributed by atoms with Crippen molar-refractivity contribution >= 4 is 27.5 Å². The van der Waals surface area contributed by atoms with Gasteiger partial charge in [-0.2, -0.15) is 0 Å². The van der Waals surface area contributed by atoms with Crippen LogP contribution in [-0.4, -0.2) is 58.0 Å². The second kappa shape index (κ2) is 14.8. The van der Waals surface area contributed by atoms with Crippen LogP contribution in [0.4, 0.5) is 5.69 Å². The molecule has 1 fully saturated rings. The van der Waals surface area contributed by atoms with Crippen LogP contribution in [0.15, 0.2) is 65.6 Å². The van der Waals surface area contributed by atoms with Crippen molar-refractivity contribution in [2.24, 2.45) is 0 Å². The fourth-order valence-corrected chi connectivity index (χ4v) is 7.26. The molecule has 4 rings (SSSR count). The SMILES string of the molecule is COc1ccc(S(=O)(=O)N(CC(=O)N(Cc2ccccc2C)[C@@H](C)C(=O)NC2CCCCC2)c2cc(C)cc(C)c2)cc1OC. The van der Waals surface area contributed by atoms with Gasteiger partial charge in [0.15, 0.2) is 11.5 Å². The van der Waals surface area contributed by atoms with E-state index in [1.54, 1.807) is 19.1 Å². The molecule has 0 spiro atoms. The van der Waals surface area contributed by atoms with Crippen LogP contribution >= 0.6 is 0 Å². The lowest BCUT2D eigenvalue weighted by Gasteiger charge is -2.33. The van der Waals surface area contributed by atoms with Gasteiger partial charge in [0.25, 0.3) is 10.0 Å². The standard InChI is InChI=1S/C35H45N3O6S/c1-24-18-25(2)20-30(19-24)38(45(41,42)31-16-17-32(43-5)33(21-31)44-6)23-34(39)37(22-28-13-11-10-12-26(28)3)27(4)35(40)36-29-14-8-7-9-15-29/h10-13,16-21,27,29H,7-9,14-15,22-23H2,1-6H3,(H,36,40)/t27-/m0/s1. The Morgan fingerprint density at radius 1 is 0.889 bits per heavy atom. The van der Waals surface area contributed by atoms with Gasteiger partial charge in [0.1, 0.15) is 12.6 Å². The average molecular weight is 636 g/mol. The van der Waals surface area contributed by atoms with Crippen LogP contribution < -0.4 is 19.1 Å². The highest BCUT2D eigenvalue weighted by Gasteiger charge is 2.34. The van der Waals surface area contributed by atoms with Crippen molar-refractivity contribution in [3.8, 4) is 11.5 Å². The Balaban J connectivity index is 1.74. The number of benzene rings is 3. The number of rotatable bonds is 12. The van der Waals surface area contributed by atoms with E-state index in [1.165, 1.54) is 37.3 Å². The summed E-state index contributed by atoms with van der Waals surface area (Å²) >= 11 is 0. The summed E-state index contributed by atoms with van der Waals surface area (Å²) in [6.07, 6.45) is 5.10. The molecule has 2 amide bonds. The van der Waals surface area contributed by atoms with Crippen LogP contribution in [0.1, 0.15) is 61.3 Å². The van der Waals surface area contributed by atoms with E-state index in [9.17, 15) is 18.0 Å². The monoisotopic (exact) mass is 635 g/mol. The van der Waals surface area contributed by atoms with Gasteiger partial charge in [-0.3, -0.25) is 13.9 Å². The van der Waals surface area contributed by atoms with Crippen molar-refractivity contribution in [1.82, 2.24) is 10.2 Å². The Bertz CT molecular complexity index is 1600. The number of nitrogens with zero attached hydrogens (tertiary/aromatic N) is 2. The molecule has 0 heterocycles. The molecule has 3 aromatic rings. The van der Waals surface area contributed by atoms with E-state index in [2.05, 4.69) is 5.32 Å². The molecule has 3 aromatic carbocycles. The summed E-state index contributed by atoms with van der Waals surface area (Å²) in [7, 11) is -1.37. The summed E-state index contributed by atoms with van der Waals surface area (Å²) in [5.41, 5.74) is 3.90. The molecule has 10 heteroatoms. The number of anilines is 1. The Hall–Kier alpha value is -4.05. The first-order valence-electron chi connectivity index (χ1n) is 15.4. The molecule has 1 aliphatic rings. The maximum absolute atomic E-state index is 14.3. The van der Waals surface area contributed by atoms with Crippen LogP contribution in [-0.2, 0) is 26.2 Å². The smallest absolute Gasteiger partial charge is 0.264 e. The molecule has 1 atom stereocenters. The minimum Gasteiger partial charge on any atom is -0.493 e. The Labute approximate surface area is 267 Å². The predicted octanol–water partition coefficient (Wildman–Crippen LogP) is 5.69. The van der Waals surface area contributed by atoms with Crippen molar-refractivity contribution in [1.29, 1.82) is 0 Å². The summed E-state index contributed by atoms with van der Waals surface area (Å²) in [5, 5.41) is 3.14. The summed E-state index contributed by atoms with van der Waals surface area (Å²) in [5.74, 6) is -0.107. The van der Waals surface area contributed by atoms with Gasteiger partial charge in [-0.15, -0.1) is 0 Å². The van der Waals surface area contributed by atoms with E-state index in [4.69, 9.17) is 9.47 Å². The number of carbonyl (C=O) groups is 2. The molecule has 0 saturated heterocycles. The molecule has 0 aliphatic heterocycles. The minimum atomic E-state index is -4.27. The van der Waals surface area contributed by atoms with Crippen LogP contribution in [0.2, 0.25) is 0 Å². The van der Waals surface area contributed by atoms with Gasteiger partial charge in [-0.1, -0.05) is 49.6 Å². The van der Waals surface area contributed by atoms with E-state index < -0.39 is 28.5 Å². The largest absolute Gasteiger partial charge is 0.493 e. The van der Waals surface area contributed by atoms with E-state index in [0.29, 0.717) is 11.4 Å². The number of hydrogen-bond acceptors (Lipinski definition) is 6. The van der Waals surface area contributed by atoms with E-state index in [0.717, 1.165) is 58.7 Å². The number of sulfonamides is 1. The number of amides is 2. The first-order chi connectivity index (χ1) is 21.4. The van der Waals surface area contributed by atoms with Gasteiger partial charge in [0.2, 0.25) is 11.8 Å². The number of methoxy groups -OCH3 is 2. The highest BCUT2D eigenvalue weighted by Crippen LogP contribution is 2.33. The molecule has 45 heavy (non-hydrogen) atoms. The number of hydrogen-bond donors (Lipinski definition) is 1. The van der Waals surface area contributed by atoms with E-state index >= 15 is 0 Å². The first kappa shape index (κ1) is 33.8. The third-order valence-electron chi connectivity index (χ3n) is 8.44. The fraction of sp³-hybridized carbons (Fsp3) is 0.429. The normalized spacial score (nSPS) is 14.4. The third kappa shape index (κ3) is 8.16. The second-order valence-corrected chi connectivity index (χ2v) is 13.7. The molecule has 9 nitrogen and oxygen atoms in total. The number of carbonyl (C=O) groups excluding carboxylic acids is 2. The maximum Gasteiger partial charge on any atom is 0.264 e. The lowest BCUT2D eigenvalue weighted by molar-refractivity contribution is -0.139. The molecular formula is C35H45N3O6S. The number of aryl methyl sites for hydroxylation is 3. The van der Waals surface area contributed by atoms with Gasteiger partial charge in [-0.25, -0.2) is 8.42 Å². The molecule has 242 valence electrons. The molecule has 1 aliphatic carbocycles. The maximum atomic E-state index is 14.3. The highest BCUT2D eigenvalue weighted by molar-refractivity contribution is 7.92. The number of nitrogens with one attached hydrogen (secondary N) is 1. The topological polar surface area (TPSA) is 105 Å². The molecule has 0 bridgehead atoms. The third-order valence-corrected chi connectivity index (χ3v) is 10.2. The highest BCUT2D eigenvalue weighted by atomic mass is 32.2. The lowest BCUT2D eigenvalue weighted by Crippen LogP contribution is -2.53. The predicted molar refractivity (Wildman–Crippen MR) is 176 cm³/mol. The first-order valence-corrected chi connectivity index (χ1v) is 16.9. The van der Waals surface area contributed by atoms with Gasteiger partial charge in [0.05, 0.1) is 24.8 Å². The Kier molecular flexibility index (Phi) is 11.1. The molecule has 1 saturated carbocycles. The van der Waals surface area contributed by atoms with Crippen molar-refractivity contribution in [2.75, 3.05) is 25.1 Å². The van der Waals surface area contributed by atoms with Crippen LogP contribution in [0.5, 0.6) is 11.5 Å². The zero-order valence-corrected chi connectivity index (χ0v) is 27.9. The second-order valence-electron chi connectivity index (χ2n) is 11.8. The van der Waals surface area contributed by atoms with Crippen LogP contribution in [0.25, 0.3) is 0 Å².